The Labute approximate surface area is 92.5 Å². The number of anilines is 2. The number of amides is 1. The summed E-state index contributed by atoms with van der Waals surface area (Å²) < 4.78 is 0. The summed E-state index contributed by atoms with van der Waals surface area (Å²) in [4.78, 5) is 16.5. The molecule has 1 amide bonds. The molecule has 1 aliphatic rings. The molecule has 6 nitrogen and oxygen atoms in total. The second-order valence-electron chi connectivity index (χ2n) is 3.72. The number of aliphatic hydroxyl groups is 1. The van der Waals surface area contributed by atoms with E-state index in [0.717, 1.165) is 18.8 Å². The maximum Gasteiger partial charge on any atom is 0.409 e. The lowest BCUT2D eigenvalue weighted by molar-refractivity contribution is 0.198. The van der Waals surface area contributed by atoms with E-state index in [4.69, 9.17) is 5.11 Å². The van der Waals surface area contributed by atoms with Gasteiger partial charge in [-0.3, -0.25) is 5.32 Å². The van der Waals surface area contributed by atoms with Gasteiger partial charge in [0.15, 0.2) is 0 Å². The molecule has 0 bridgehead atoms. The zero-order valence-electron chi connectivity index (χ0n) is 8.63. The third kappa shape index (κ3) is 2.40. The summed E-state index contributed by atoms with van der Waals surface area (Å²) in [5.74, 6) is 0.757. The summed E-state index contributed by atoms with van der Waals surface area (Å²) in [6.07, 6.45) is 0.815. The first kappa shape index (κ1) is 10.7. The van der Waals surface area contributed by atoms with Crippen molar-refractivity contribution in [2.45, 2.75) is 12.5 Å². The van der Waals surface area contributed by atoms with Gasteiger partial charge < -0.3 is 15.1 Å². The van der Waals surface area contributed by atoms with Crippen LogP contribution in [0.15, 0.2) is 18.3 Å². The summed E-state index contributed by atoms with van der Waals surface area (Å²) in [6, 6.07) is 3.39. The van der Waals surface area contributed by atoms with E-state index in [9.17, 15) is 9.90 Å². The van der Waals surface area contributed by atoms with Crippen LogP contribution in [-0.4, -0.2) is 40.5 Å². The maximum atomic E-state index is 10.4. The van der Waals surface area contributed by atoms with Crippen molar-refractivity contribution in [1.82, 2.24) is 4.98 Å². The largest absolute Gasteiger partial charge is 0.465 e. The number of pyridine rings is 1. The molecule has 1 aromatic rings. The molecule has 0 aromatic carbocycles. The third-order valence-electron chi connectivity index (χ3n) is 2.49. The van der Waals surface area contributed by atoms with Crippen LogP contribution in [-0.2, 0) is 0 Å². The molecule has 2 heterocycles. The lowest BCUT2D eigenvalue weighted by Crippen LogP contribution is -2.22. The highest BCUT2D eigenvalue weighted by Crippen LogP contribution is 2.19. The molecular weight excluding hydrogens is 210 g/mol. The van der Waals surface area contributed by atoms with Crippen molar-refractivity contribution >= 4 is 17.6 Å². The maximum absolute atomic E-state index is 10.4. The van der Waals surface area contributed by atoms with E-state index in [1.807, 2.05) is 4.90 Å². The molecule has 6 heteroatoms. The molecule has 0 spiro atoms. The van der Waals surface area contributed by atoms with Crippen LogP contribution in [0.3, 0.4) is 0 Å². The highest BCUT2D eigenvalue weighted by molar-refractivity contribution is 5.82. The van der Waals surface area contributed by atoms with Crippen LogP contribution in [0.25, 0.3) is 0 Å². The van der Waals surface area contributed by atoms with Gasteiger partial charge in [0, 0.05) is 13.1 Å². The Morgan fingerprint density at radius 3 is 2.88 bits per heavy atom. The average molecular weight is 223 g/mol. The first-order chi connectivity index (χ1) is 7.65. The summed E-state index contributed by atoms with van der Waals surface area (Å²) in [6.45, 7) is 1.36. The van der Waals surface area contributed by atoms with Crippen molar-refractivity contribution < 1.29 is 15.0 Å². The van der Waals surface area contributed by atoms with Crippen LogP contribution in [0.4, 0.5) is 16.3 Å². The minimum atomic E-state index is -1.11. The Kier molecular flexibility index (Phi) is 2.91. The fourth-order valence-electron chi connectivity index (χ4n) is 1.72. The number of carboxylic acid groups (broad SMARTS) is 1. The summed E-state index contributed by atoms with van der Waals surface area (Å²) in [5, 5.41) is 20.1. The first-order valence-electron chi connectivity index (χ1n) is 5.04. The van der Waals surface area contributed by atoms with Gasteiger partial charge in [0.05, 0.1) is 18.0 Å². The summed E-state index contributed by atoms with van der Waals surface area (Å²) in [7, 11) is 0. The van der Waals surface area contributed by atoms with Gasteiger partial charge in [0.1, 0.15) is 5.82 Å². The number of aromatic nitrogens is 1. The number of nitrogens with zero attached hydrogens (tertiary/aromatic N) is 2. The average Bonchev–Trinajstić information content (AvgIpc) is 2.65. The SMILES string of the molecule is O=C(O)Nc1ccc(N2CC[C@@H](O)C2)nc1. The molecule has 86 valence electrons. The standard InChI is InChI=1S/C10H13N3O3/c14-8-3-4-13(6-8)9-2-1-7(5-11-9)12-10(15)16/h1-2,5,8,12,14H,3-4,6H2,(H,15,16)/t8-/m1/s1. The normalized spacial score (nSPS) is 19.8. The zero-order valence-corrected chi connectivity index (χ0v) is 8.63. The van der Waals surface area contributed by atoms with E-state index in [1.165, 1.54) is 6.20 Å². The fraction of sp³-hybridized carbons (Fsp3) is 0.400. The smallest absolute Gasteiger partial charge is 0.409 e. The highest BCUT2D eigenvalue weighted by atomic mass is 16.4. The van der Waals surface area contributed by atoms with E-state index < -0.39 is 6.09 Å². The first-order valence-corrected chi connectivity index (χ1v) is 5.04. The van der Waals surface area contributed by atoms with Crippen molar-refractivity contribution in [2.75, 3.05) is 23.3 Å². The molecule has 0 radical (unpaired) electrons. The van der Waals surface area contributed by atoms with E-state index >= 15 is 0 Å². The van der Waals surface area contributed by atoms with Crippen LogP contribution < -0.4 is 10.2 Å². The Morgan fingerprint density at radius 2 is 2.38 bits per heavy atom. The Morgan fingerprint density at radius 1 is 1.56 bits per heavy atom. The Hall–Kier alpha value is -1.82. The molecular formula is C10H13N3O3. The fourth-order valence-corrected chi connectivity index (χ4v) is 1.72. The molecule has 1 fully saturated rings. The number of nitrogens with one attached hydrogen (secondary N) is 1. The van der Waals surface area contributed by atoms with E-state index in [0.29, 0.717) is 12.2 Å². The van der Waals surface area contributed by atoms with Crippen LogP contribution in [0.2, 0.25) is 0 Å². The third-order valence-corrected chi connectivity index (χ3v) is 2.49. The van der Waals surface area contributed by atoms with Crippen molar-refractivity contribution in [3.05, 3.63) is 18.3 Å². The van der Waals surface area contributed by atoms with Gasteiger partial charge in [0.2, 0.25) is 0 Å². The van der Waals surface area contributed by atoms with E-state index in [2.05, 4.69) is 10.3 Å². The molecule has 0 aliphatic carbocycles. The highest BCUT2D eigenvalue weighted by Gasteiger charge is 2.20. The molecule has 1 atom stereocenters. The van der Waals surface area contributed by atoms with Gasteiger partial charge >= 0.3 is 6.09 Å². The van der Waals surface area contributed by atoms with E-state index in [-0.39, 0.29) is 6.10 Å². The van der Waals surface area contributed by atoms with Crippen LogP contribution in [0, 0.1) is 0 Å². The van der Waals surface area contributed by atoms with Gasteiger partial charge in [-0.25, -0.2) is 9.78 Å². The van der Waals surface area contributed by atoms with Gasteiger partial charge in [0.25, 0.3) is 0 Å². The molecule has 1 aliphatic heterocycles. The lowest BCUT2D eigenvalue weighted by atomic mass is 10.3. The van der Waals surface area contributed by atoms with E-state index in [1.54, 1.807) is 12.1 Å². The van der Waals surface area contributed by atoms with Crippen molar-refractivity contribution in [1.29, 1.82) is 0 Å². The quantitative estimate of drug-likeness (QED) is 0.688. The lowest BCUT2D eigenvalue weighted by Gasteiger charge is -2.16. The number of hydrogen-bond donors (Lipinski definition) is 3. The number of rotatable bonds is 2. The molecule has 1 aromatic heterocycles. The monoisotopic (exact) mass is 223 g/mol. The van der Waals surface area contributed by atoms with Gasteiger partial charge in [-0.1, -0.05) is 0 Å². The zero-order chi connectivity index (χ0) is 11.5. The van der Waals surface area contributed by atoms with Crippen molar-refractivity contribution in [3.63, 3.8) is 0 Å². The predicted molar refractivity (Wildman–Crippen MR) is 58.7 cm³/mol. The van der Waals surface area contributed by atoms with Gasteiger partial charge in [-0.2, -0.15) is 0 Å². The minimum absolute atomic E-state index is 0.293. The number of aliphatic hydroxyl groups excluding tert-OH is 1. The minimum Gasteiger partial charge on any atom is -0.465 e. The Bertz CT molecular complexity index is 379. The molecule has 0 unspecified atom stereocenters. The number of β-amino-alcohol motifs (C(OH)–C–C–N with tert-alkyl or cyclic N) is 1. The van der Waals surface area contributed by atoms with Crippen LogP contribution in [0.1, 0.15) is 6.42 Å². The van der Waals surface area contributed by atoms with Crippen molar-refractivity contribution in [3.8, 4) is 0 Å². The predicted octanol–water partition coefficient (Wildman–Crippen LogP) is 0.743. The molecule has 16 heavy (non-hydrogen) atoms. The molecule has 0 saturated carbocycles. The van der Waals surface area contributed by atoms with Gasteiger partial charge in [-0.15, -0.1) is 0 Å². The van der Waals surface area contributed by atoms with Crippen LogP contribution >= 0.6 is 0 Å². The van der Waals surface area contributed by atoms with Crippen LogP contribution in [0.5, 0.6) is 0 Å². The number of hydrogen-bond acceptors (Lipinski definition) is 4. The Balaban J connectivity index is 2.04. The molecule has 3 N–H and O–H groups in total. The molecule has 1 saturated heterocycles. The topological polar surface area (TPSA) is 85.7 Å². The second kappa shape index (κ2) is 4.36. The summed E-state index contributed by atoms with van der Waals surface area (Å²) >= 11 is 0. The molecule has 2 rings (SSSR count). The number of carbonyl (C=O) groups is 1. The van der Waals surface area contributed by atoms with Crippen molar-refractivity contribution in [2.24, 2.45) is 0 Å². The summed E-state index contributed by atoms with van der Waals surface area (Å²) in [5.41, 5.74) is 0.441. The van der Waals surface area contributed by atoms with Gasteiger partial charge in [-0.05, 0) is 18.6 Å². The second-order valence-corrected chi connectivity index (χ2v) is 3.72.